The number of carbonyl (C=O) groups is 1. The topological polar surface area (TPSA) is 75.4 Å². The number of nitrogens with two attached hydrogens (primary N) is 1. The minimum Gasteiger partial charge on any atom is -0.394 e. The van der Waals surface area contributed by atoms with Crippen LogP contribution in [-0.2, 0) is 4.79 Å². The number of hydrogen-bond donors (Lipinski definition) is 3. The van der Waals surface area contributed by atoms with E-state index in [1.807, 2.05) is 30.3 Å². The molecule has 0 fully saturated rings. The molecule has 0 aromatic heterocycles. The van der Waals surface area contributed by atoms with Crippen LogP contribution in [0.3, 0.4) is 0 Å². The smallest absolute Gasteiger partial charge is 0.240 e. The first-order valence-electron chi connectivity index (χ1n) is 5.21. The fraction of sp³-hybridized carbons (Fsp3) is 0.417. The van der Waals surface area contributed by atoms with Crippen LogP contribution in [-0.4, -0.2) is 23.2 Å². The Balaban J connectivity index is 2.75. The van der Waals surface area contributed by atoms with E-state index in [0.29, 0.717) is 0 Å². The molecule has 1 amide bonds. The van der Waals surface area contributed by atoms with Crippen LogP contribution < -0.4 is 11.1 Å². The maximum atomic E-state index is 11.7. The van der Waals surface area contributed by atoms with Gasteiger partial charge in [-0.3, -0.25) is 4.79 Å². The summed E-state index contributed by atoms with van der Waals surface area (Å²) in [5.74, 6) is -0.282. The van der Waals surface area contributed by atoms with E-state index < -0.39 is 11.6 Å². The lowest BCUT2D eigenvalue weighted by molar-refractivity contribution is -0.126. The van der Waals surface area contributed by atoms with E-state index in [-0.39, 0.29) is 12.5 Å². The Morgan fingerprint density at radius 3 is 2.44 bits per heavy atom. The highest BCUT2D eigenvalue weighted by Gasteiger charge is 2.24. The first-order chi connectivity index (χ1) is 7.45. The maximum absolute atomic E-state index is 11.7. The molecular formula is C12H18N2O2. The van der Waals surface area contributed by atoms with Gasteiger partial charge in [0.15, 0.2) is 0 Å². The summed E-state index contributed by atoms with van der Waals surface area (Å²) < 4.78 is 0. The molecule has 1 rings (SSSR count). The van der Waals surface area contributed by atoms with Gasteiger partial charge < -0.3 is 16.2 Å². The zero-order valence-corrected chi connectivity index (χ0v) is 9.60. The lowest BCUT2D eigenvalue weighted by Crippen LogP contribution is -2.50. The molecule has 16 heavy (non-hydrogen) atoms. The van der Waals surface area contributed by atoms with Gasteiger partial charge in [0.1, 0.15) is 0 Å². The second kappa shape index (κ2) is 5.09. The summed E-state index contributed by atoms with van der Waals surface area (Å²) in [5, 5.41) is 11.9. The number of amides is 1. The normalized spacial score (nSPS) is 13.2. The van der Waals surface area contributed by atoms with Gasteiger partial charge in [0, 0.05) is 0 Å². The third kappa shape index (κ3) is 3.32. The Morgan fingerprint density at radius 1 is 1.44 bits per heavy atom. The van der Waals surface area contributed by atoms with Crippen molar-refractivity contribution in [2.45, 2.75) is 25.4 Å². The fourth-order valence-electron chi connectivity index (χ4n) is 1.26. The van der Waals surface area contributed by atoms with Crippen molar-refractivity contribution in [1.82, 2.24) is 5.32 Å². The Bertz CT molecular complexity index is 344. The summed E-state index contributed by atoms with van der Waals surface area (Å²) in [6.45, 7) is 3.11. The van der Waals surface area contributed by atoms with Gasteiger partial charge in [-0.2, -0.15) is 0 Å². The molecular weight excluding hydrogens is 204 g/mol. The maximum Gasteiger partial charge on any atom is 0.240 e. The van der Waals surface area contributed by atoms with Crippen LogP contribution >= 0.6 is 0 Å². The predicted octanol–water partition coefficient (Wildman–Crippen LogP) is 0.573. The van der Waals surface area contributed by atoms with Crippen LogP contribution in [0.5, 0.6) is 0 Å². The van der Waals surface area contributed by atoms with Crippen LogP contribution in [0.15, 0.2) is 30.3 Å². The SMILES string of the molecule is CC(C)(N)C(=O)N[C@@H](CO)c1ccccc1. The summed E-state index contributed by atoms with van der Waals surface area (Å²) in [4.78, 5) is 11.7. The number of aliphatic hydroxyl groups excluding tert-OH is 1. The highest BCUT2D eigenvalue weighted by Crippen LogP contribution is 2.12. The van der Waals surface area contributed by atoms with Gasteiger partial charge in [0.2, 0.25) is 5.91 Å². The number of hydrogen-bond acceptors (Lipinski definition) is 3. The minimum absolute atomic E-state index is 0.147. The molecule has 0 aliphatic rings. The molecule has 4 nitrogen and oxygen atoms in total. The van der Waals surface area contributed by atoms with Gasteiger partial charge in [-0.05, 0) is 19.4 Å². The first-order valence-corrected chi connectivity index (χ1v) is 5.21. The van der Waals surface area contributed by atoms with E-state index in [9.17, 15) is 9.90 Å². The molecule has 1 aromatic rings. The number of benzene rings is 1. The zero-order valence-electron chi connectivity index (χ0n) is 9.60. The van der Waals surface area contributed by atoms with Gasteiger partial charge in [-0.15, -0.1) is 0 Å². The first kappa shape index (κ1) is 12.7. The van der Waals surface area contributed by atoms with Crippen LogP contribution in [0.2, 0.25) is 0 Å². The highest BCUT2D eigenvalue weighted by molar-refractivity contribution is 5.85. The van der Waals surface area contributed by atoms with Crippen LogP contribution in [0.1, 0.15) is 25.5 Å². The molecule has 4 N–H and O–H groups in total. The van der Waals surface area contributed by atoms with Crippen molar-refractivity contribution < 1.29 is 9.90 Å². The van der Waals surface area contributed by atoms with Crippen LogP contribution in [0, 0.1) is 0 Å². The molecule has 0 aliphatic heterocycles. The van der Waals surface area contributed by atoms with Gasteiger partial charge in [0.05, 0.1) is 18.2 Å². The fourth-order valence-corrected chi connectivity index (χ4v) is 1.26. The van der Waals surface area contributed by atoms with Crippen LogP contribution in [0.4, 0.5) is 0 Å². The number of aliphatic hydroxyl groups is 1. The largest absolute Gasteiger partial charge is 0.394 e. The lowest BCUT2D eigenvalue weighted by atomic mass is 10.0. The second-order valence-corrected chi connectivity index (χ2v) is 4.34. The predicted molar refractivity (Wildman–Crippen MR) is 62.7 cm³/mol. The average Bonchev–Trinajstić information content (AvgIpc) is 2.25. The van der Waals surface area contributed by atoms with Crippen molar-refractivity contribution in [2.75, 3.05) is 6.61 Å². The number of carbonyl (C=O) groups excluding carboxylic acids is 1. The summed E-state index contributed by atoms with van der Waals surface area (Å²) >= 11 is 0. The third-order valence-electron chi connectivity index (χ3n) is 2.28. The summed E-state index contributed by atoms with van der Waals surface area (Å²) in [5.41, 5.74) is 5.59. The van der Waals surface area contributed by atoms with E-state index in [4.69, 9.17) is 5.73 Å². The average molecular weight is 222 g/mol. The Hall–Kier alpha value is -1.39. The molecule has 0 spiro atoms. The van der Waals surface area contributed by atoms with Gasteiger partial charge >= 0.3 is 0 Å². The molecule has 4 heteroatoms. The Kier molecular flexibility index (Phi) is 4.04. The van der Waals surface area contributed by atoms with E-state index in [2.05, 4.69) is 5.32 Å². The summed E-state index contributed by atoms with van der Waals surface area (Å²) in [6, 6.07) is 8.90. The highest BCUT2D eigenvalue weighted by atomic mass is 16.3. The Morgan fingerprint density at radius 2 is 2.00 bits per heavy atom. The molecule has 0 saturated heterocycles. The molecule has 0 radical (unpaired) electrons. The van der Waals surface area contributed by atoms with Crippen molar-refractivity contribution in [2.24, 2.45) is 5.73 Å². The molecule has 1 atom stereocenters. The third-order valence-corrected chi connectivity index (χ3v) is 2.28. The van der Waals surface area contributed by atoms with E-state index in [1.165, 1.54) is 0 Å². The van der Waals surface area contributed by atoms with Crippen molar-refractivity contribution >= 4 is 5.91 Å². The van der Waals surface area contributed by atoms with Gasteiger partial charge in [-0.25, -0.2) is 0 Å². The monoisotopic (exact) mass is 222 g/mol. The summed E-state index contributed by atoms with van der Waals surface area (Å²) in [7, 11) is 0. The van der Waals surface area contributed by atoms with Crippen molar-refractivity contribution in [1.29, 1.82) is 0 Å². The zero-order chi connectivity index (χ0) is 12.2. The lowest BCUT2D eigenvalue weighted by Gasteiger charge is -2.23. The number of nitrogens with one attached hydrogen (secondary N) is 1. The molecule has 1 aromatic carbocycles. The molecule has 88 valence electrons. The van der Waals surface area contributed by atoms with Crippen molar-refractivity contribution in [3.63, 3.8) is 0 Å². The van der Waals surface area contributed by atoms with Crippen LogP contribution in [0.25, 0.3) is 0 Å². The van der Waals surface area contributed by atoms with E-state index in [0.717, 1.165) is 5.56 Å². The summed E-state index contributed by atoms with van der Waals surface area (Å²) in [6.07, 6.45) is 0. The second-order valence-electron chi connectivity index (χ2n) is 4.34. The molecule has 0 unspecified atom stereocenters. The van der Waals surface area contributed by atoms with Gasteiger partial charge in [0.25, 0.3) is 0 Å². The molecule has 0 aliphatic carbocycles. The molecule has 0 saturated carbocycles. The van der Waals surface area contributed by atoms with E-state index >= 15 is 0 Å². The molecule has 0 heterocycles. The quantitative estimate of drug-likeness (QED) is 0.697. The van der Waals surface area contributed by atoms with E-state index in [1.54, 1.807) is 13.8 Å². The number of rotatable bonds is 4. The molecule has 0 bridgehead atoms. The Labute approximate surface area is 95.5 Å². The van der Waals surface area contributed by atoms with Crippen molar-refractivity contribution in [3.8, 4) is 0 Å². The standard InChI is InChI=1S/C12H18N2O2/c1-12(2,13)11(16)14-10(8-15)9-6-4-3-5-7-9/h3-7,10,15H,8,13H2,1-2H3,(H,14,16)/t10-/m0/s1. The van der Waals surface area contributed by atoms with Crippen molar-refractivity contribution in [3.05, 3.63) is 35.9 Å². The van der Waals surface area contributed by atoms with Gasteiger partial charge in [-0.1, -0.05) is 30.3 Å². The minimum atomic E-state index is -0.942.